The maximum absolute atomic E-state index is 8.46. The Hall–Kier alpha value is 2.90. The van der Waals surface area contributed by atoms with Gasteiger partial charge in [-0.15, -0.1) is 0 Å². The summed E-state index contributed by atoms with van der Waals surface area (Å²) in [6, 6.07) is 0. The van der Waals surface area contributed by atoms with Gasteiger partial charge in [0.25, 0.3) is 0 Å². The van der Waals surface area contributed by atoms with Crippen molar-refractivity contribution in [3.05, 3.63) is 0 Å². The minimum absolute atomic E-state index is 0. The van der Waals surface area contributed by atoms with Gasteiger partial charge in [-0.2, -0.15) is 0 Å². The average molecular weight is 180 g/mol. The van der Waals surface area contributed by atoms with E-state index in [9.17, 15) is 0 Å². The molecule has 0 aliphatic heterocycles. The Morgan fingerprint density at radius 2 is 1.00 bits per heavy atom. The van der Waals surface area contributed by atoms with Crippen LogP contribution >= 0.6 is 0 Å². The molecule has 0 saturated carbocycles. The molecular formula is Al2KNaO4. The Morgan fingerprint density at radius 3 is 1.00 bits per heavy atom. The van der Waals surface area contributed by atoms with Crippen molar-refractivity contribution in [2.24, 2.45) is 0 Å². The Bertz CT molecular complexity index is 35.0. The molecule has 0 bridgehead atoms. The molecule has 0 saturated heterocycles. The molecule has 0 radical (unpaired) electrons. The zero-order valence-electron chi connectivity index (χ0n) is 4.79. The summed E-state index contributed by atoms with van der Waals surface area (Å²) in [6.45, 7) is 0. The first kappa shape index (κ1) is 22.4. The third-order valence-corrected chi connectivity index (χ3v) is 0. The van der Waals surface area contributed by atoms with E-state index in [4.69, 9.17) is 15.9 Å². The molecule has 0 aromatic rings. The van der Waals surface area contributed by atoms with E-state index in [-0.39, 0.29) is 80.9 Å². The van der Waals surface area contributed by atoms with E-state index in [1.54, 1.807) is 0 Å². The zero-order chi connectivity index (χ0) is 5.41. The summed E-state index contributed by atoms with van der Waals surface area (Å²) >= 11 is -3.50. The topological polar surface area (TPSA) is 80.3 Å². The third kappa shape index (κ3) is 66.0. The van der Waals surface area contributed by atoms with Gasteiger partial charge in [-0.1, -0.05) is 0 Å². The van der Waals surface area contributed by atoms with E-state index >= 15 is 0 Å². The zero-order valence-corrected chi connectivity index (χ0v) is 12.2. The molecule has 0 N–H and O–H groups in total. The Labute approximate surface area is 125 Å². The molecule has 0 aliphatic carbocycles. The molecule has 0 amide bonds. The molecule has 0 aliphatic rings. The SMILES string of the molecule is [K+].[Na+].[O]=[Al][O-].[O]=[Al][O-]. The van der Waals surface area contributed by atoms with Crippen LogP contribution in [0.25, 0.3) is 0 Å². The molecule has 0 unspecified atom stereocenters. The average Bonchev–Trinajstić information content (AvgIpc) is 1.39. The van der Waals surface area contributed by atoms with Gasteiger partial charge in [0, 0.05) is 0 Å². The maximum atomic E-state index is 8.46. The first-order valence-corrected chi connectivity index (χ1v) is 2.83. The first-order chi connectivity index (χ1) is 2.83. The van der Waals surface area contributed by atoms with E-state index in [0.717, 1.165) is 0 Å². The van der Waals surface area contributed by atoms with Gasteiger partial charge in [-0.3, -0.25) is 0 Å². The fraction of sp³-hybridized carbons (Fsp3) is 0. The minimum atomic E-state index is -1.75. The predicted molar refractivity (Wildman–Crippen MR) is 12.9 cm³/mol. The van der Waals surface area contributed by atoms with Crippen molar-refractivity contribution >= 4 is 31.0 Å². The number of hydrogen-bond acceptors (Lipinski definition) is 4. The van der Waals surface area contributed by atoms with E-state index in [0.29, 0.717) is 0 Å². The normalized spacial score (nSPS) is 2.00. The van der Waals surface area contributed by atoms with Crippen molar-refractivity contribution < 1.29 is 96.9 Å². The van der Waals surface area contributed by atoms with Crippen molar-refractivity contribution in [1.82, 2.24) is 0 Å². The Balaban J connectivity index is -0.0000000160. The van der Waals surface area contributed by atoms with Crippen molar-refractivity contribution in [1.29, 1.82) is 0 Å². The molecule has 0 atom stereocenters. The fourth-order valence-corrected chi connectivity index (χ4v) is 0. The summed E-state index contributed by atoms with van der Waals surface area (Å²) in [4.78, 5) is 0. The van der Waals surface area contributed by atoms with Crippen LogP contribution in [0, 0.1) is 0 Å². The predicted octanol–water partition coefficient (Wildman–Crippen LogP) is -9.37. The molecule has 8 heteroatoms. The van der Waals surface area contributed by atoms with E-state index in [1.807, 2.05) is 0 Å². The molecular weight excluding hydrogens is 180 g/mol. The van der Waals surface area contributed by atoms with Crippen molar-refractivity contribution in [2.75, 3.05) is 0 Å². The second kappa shape index (κ2) is 32.7. The summed E-state index contributed by atoms with van der Waals surface area (Å²) in [5.41, 5.74) is 0. The quantitative estimate of drug-likeness (QED) is 0.347. The van der Waals surface area contributed by atoms with Gasteiger partial charge in [0.15, 0.2) is 0 Å². The van der Waals surface area contributed by atoms with E-state index in [2.05, 4.69) is 0 Å². The summed E-state index contributed by atoms with van der Waals surface area (Å²) in [5.74, 6) is 0. The Morgan fingerprint density at radius 1 is 1.00 bits per heavy atom. The summed E-state index contributed by atoms with van der Waals surface area (Å²) in [7, 11) is 0. The fourth-order valence-electron chi connectivity index (χ4n) is 0. The van der Waals surface area contributed by atoms with Crippen LogP contribution in [-0.4, -0.2) is 31.0 Å². The molecule has 8 heavy (non-hydrogen) atoms. The molecule has 0 rings (SSSR count). The third-order valence-electron chi connectivity index (χ3n) is 0. The standard InChI is InChI=1S/2Al.K.Na.4O/q;;2*+1;;;2*-1. The Kier molecular flexibility index (Phi) is 91.6. The molecule has 0 fully saturated rings. The van der Waals surface area contributed by atoms with Crippen LogP contribution in [0.3, 0.4) is 0 Å². The van der Waals surface area contributed by atoms with Gasteiger partial charge in [0.1, 0.15) is 0 Å². The number of rotatable bonds is 0. The van der Waals surface area contributed by atoms with Gasteiger partial charge in [-0.05, 0) is 0 Å². The summed E-state index contributed by atoms with van der Waals surface area (Å²) in [6.07, 6.45) is 0. The molecule has 0 aromatic carbocycles. The van der Waals surface area contributed by atoms with Gasteiger partial charge in [0.05, 0.1) is 0 Å². The van der Waals surface area contributed by atoms with E-state index in [1.165, 1.54) is 0 Å². The van der Waals surface area contributed by atoms with Crippen LogP contribution in [0.1, 0.15) is 0 Å². The second-order valence-corrected chi connectivity index (χ2v) is 0.577. The van der Waals surface area contributed by atoms with Crippen molar-refractivity contribution in [3.63, 3.8) is 0 Å². The first-order valence-electron chi connectivity index (χ1n) is 0.943. The molecule has 0 aromatic heterocycles. The second-order valence-electron chi connectivity index (χ2n) is 0.192. The van der Waals surface area contributed by atoms with Crippen LogP contribution in [0.5, 0.6) is 0 Å². The molecule has 0 spiro atoms. The van der Waals surface area contributed by atoms with Gasteiger partial charge >= 0.3 is 128 Å². The van der Waals surface area contributed by atoms with Crippen molar-refractivity contribution in [3.8, 4) is 0 Å². The molecule has 32 valence electrons. The van der Waals surface area contributed by atoms with Gasteiger partial charge in [-0.25, -0.2) is 0 Å². The van der Waals surface area contributed by atoms with Gasteiger partial charge < -0.3 is 0 Å². The van der Waals surface area contributed by atoms with Crippen molar-refractivity contribution in [2.45, 2.75) is 0 Å². The molecule has 4 nitrogen and oxygen atoms in total. The van der Waals surface area contributed by atoms with Crippen LogP contribution in [-0.2, 0) is 7.61 Å². The van der Waals surface area contributed by atoms with Gasteiger partial charge in [0.2, 0.25) is 0 Å². The molecule has 0 heterocycles. The summed E-state index contributed by atoms with van der Waals surface area (Å²) < 4.78 is 33.8. The van der Waals surface area contributed by atoms with Crippen LogP contribution in [0.2, 0.25) is 0 Å². The monoisotopic (exact) mass is 180 g/mol. The van der Waals surface area contributed by atoms with E-state index < -0.39 is 31.0 Å². The number of hydrogen-bond donors (Lipinski definition) is 0. The van der Waals surface area contributed by atoms with Crippen LogP contribution in [0.4, 0.5) is 0 Å². The van der Waals surface area contributed by atoms with Crippen LogP contribution < -0.4 is 89.3 Å². The van der Waals surface area contributed by atoms with Crippen LogP contribution in [0.15, 0.2) is 0 Å². The summed E-state index contributed by atoms with van der Waals surface area (Å²) in [5, 5.41) is 0.